The maximum absolute atomic E-state index is 12.2. The number of hydrogen-bond donors (Lipinski definition) is 3. The second kappa shape index (κ2) is 6.64. The van der Waals surface area contributed by atoms with Gasteiger partial charge < -0.3 is 20.4 Å². The number of β-amino-alcohol motifs (C(OH)–C–C–N with tert-alkyl or cyclic N) is 1. The smallest absolute Gasteiger partial charge is 0.317 e. The van der Waals surface area contributed by atoms with Crippen molar-refractivity contribution < 1.29 is 19.8 Å². The molecule has 0 aromatic carbocycles. The number of aliphatic hydroxyl groups is 1. The average Bonchev–Trinajstić information content (AvgIpc) is 2.48. The molecule has 2 unspecified atom stereocenters. The van der Waals surface area contributed by atoms with Gasteiger partial charge in [0.25, 0.3) is 0 Å². The van der Waals surface area contributed by atoms with Crippen molar-refractivity contribution in [3.05, 3.63) is 0 Å². The number of amides is 2. The van der Waals surface area contributed by atoms with Crippen molar-refractivity contribution in [1.29, 1.82) is 0 Å². The Bertz CT molecular complexity index is 393. The van der Waals surface area contributed by atoms with Crippen LogP contribution in [0, 0.1) is 11.3 Å². The van der Waals surface area contributed by atoms with Crippen LogP contribution in [0.3, 0.4) is 0 Å². The number of likely N-dealkylation sites (tertiary alicyclic amines) is 1. The second-order valence-electron chi connectivity index (χ2n) is 6.58. The van der Waals surface area contributed by atoms with Crippen LogP contribution in [0.15, 0.2) is 0 Å². The lowest BCUT2D eigenvalue weighted by Gasteiger charge is -2.36. The molecule has 21 heavy (non-hydrogen) atoms. The fraction of sp³-hybridized carbons (Fsp3) is 0.867. The molecule has 3 N–H and O–H groups in total. The van der Waals surface area contributed by atoms with Crippen LogP contribution in [0.5, 0.6) is 0 Å². The topological polar surface area (TPSA) is 89.9 Å². The van der Waals surface area contributed by atoms with E-state index in [1.807, 2.05) is 6.92 Å². The second-order valence-corrected chi connectivity index (χ2v) is 6.58. The van der Waals surface area contributed by atoms with Crippen molar-refractivity contribution in [2.24, 2.45) is 11.3 Å². The molecular formula is C15H26N2O4. The van der Waals surface area contributed by atoms with E-state index in [9.17, 15) is 19.8 Å². The highest BCUT2D eigenvalue weighted by atomic mass is 16.4. The van der Waals surface area contributed by atoms with Gasteiger partial charge in [0, 0.05) is 19.6 Å². The summed E-state index contributed by atoms with van der Waals surface area (Å²) < 4.78 is 0. The minimum Gasteiger partial charge on any atom is -0.481 e. The number of carbonyl (C=O) groups is 2. The van der Waals surface area contributed by atoms with Crippen LogP contribution in [0.2, 0.25) is 0 Å². The number of urea groups is 1. The van der Waals surface area contributed by atoms with E-state index < -0.39 is 17.5 Å². The number of piperidine rings is 1. The summed E-state index contributed by atoms with van der Waals surface area (Å²) in [6.45, 7) is 3.10. The molecular weight excluding hydrogens is 272 g/mol. The van der Waals surface area contributed by atoms with Gasteiger partial charge in [0.2, 0.25) is 0 Å². The summed E-state index contributed by atoms with van der Waals surface area (Å²) in [5.41, 5.74) is -0.810. The number of carboxylic acid groups (broad SMARTS) is 1. The fourth-order valence-corrected chi connectivity index (χ4v) is 3.28. The van der Waals surface area contributed by atoms with Crippen molar-refractivity contribution in [2.45, 2.75) is 51.6 Å². The van der Waals surface area contributed by atoms with E-state index >= 15 is 0 Å². The summed E-state index contributed by atoms with van der Waals surface area (Å²) in [7, 11) is 0. The molecule has 2 fully saturated rings. The number of nitrogens with zero attached hydrogens (tertiary/aromatic N) is 1. The highest BCUT2D eigenvalue weighted by molar-refractivity contribution is 5.78. The number of rotatable bonds is 3. The van der Waals surface area contributed by atoms with E-state index in [-0.39, 0.29) is 18.5 Å². The quantitative estimate of drug-likeness (QED) is 0.735. The third kappa shape index (κ3) is 3.67. The standard InChI is InChI=1S/C15H26N2O4/c1-11-5-8-17(9-12(11)18)14(21)16-10-15(13(19)20)6-3-2-4-7-15/h11-12,18H,2-10H2,1H3,(H,16,21)(H,19,20). The van der Waals surface area contributed by atoms with E-state index in [2.05, 4.69) is 5.32 Å². The molecule has 1 saturated carbocycles. The van der Waals surface area contributed by atoms with Crippen LogP contribution in [0.4, 0.5) is 4.79 Å². The van der Waals surface area contributed by atoms with Crippen LogP contribution in [0.25, 0.3) is 0 Å². The van der Waals surface area contributed by atoms with Crippen LogP contribution in [-0.4, -0.2) is 52.9 Å². The van der Waals surface area contributed by atoms with Gasteiger partial charge in [-0.2, -0.15) is 0 Å². The van der Waals surface area contributed by atoms with Gasteiger partial charge >= 0.3 is 12.0 Å². The van der Waals surface area contributed by atoms with E-state index in [1.165, 1.54) is 0 Å². The zero-order valence-electron chi connectivity index (χ0n) is 12.7. The highest BCUT2D eigenvalue weighted by Gasteiger charge is 2.40. The third-order valence-electron chi connectivity index (χ3n) is 5.05. The largest absolute Gasteiger partial charge is 0.481 e. The summed E-state index contributed by atoms with van der Waals surface area (Å²) in [6, 6.07) is -0.257. The molecule has 0 bridgehead atoms. The molecule has 2 amide bonds. The molecule has 6 heteroatoms. The lowest BCUT2D eigenvalue weighted by Crippen LogP contribution is -2.52. The fourth-order valence-electron chi connectivity index (χ4n) is 3.28. The van der Waals surface area contributed by atoms with Crippen molar-refractivity contribution >= 4 is 12.0 Å². The summed E-state index contributed by atoms with van der Waals surface area (Å²) in [4.78, 5) is 25.3. The van der Waals surface area contributed by atoms with E-state index in [1.54, 1.807) is 4.90 Å². The van der Waals surface area contributed by atoms with Crippen LogP contribution < -0.4 is 5.32 Å². The Morgan fingerprint density at radius 3 is 2.52 bits per heavy atom. The zero-order valence-corrected chi connectivity index (χ0v) is 12.7. The predicted octanol–water partition coefficient (Wildman–Crippen LogP) is 1.43. The van der Waals surface area contributed by atoms with Crippen LogP contribution >= 0.6 is 0 Å². The molecule has 1 heterocycles. The Hall–Kier alpha value is -1.30. The first-order chi connectivity index (χ1) is 9.94. The maximum atomic E-state index is 12.2. The lowest BCUT2D eigenvalue weighted by atomic mass is 9.74. The molecule has 0 aromatic rings. The third-order valence-corrected chi connectivity index (χ3v) is 5.05. The molecule has 1 saturated heterocycles. The first-order valence-corrected chi connectivity index (χ1v) is 7.89. The average molecular weight is 298 g/mol. The van der Waals surface area contributed by atoms with Gasteiger partial charge in [0.05, 0.1) is 11.5 Å². The van der Waals surface area contributed by atoms with Gasteiger partial charge in [-0.05, 0) is 25.2 Å². The number of carboxylic acids is 1. The van der Waals surface area contributed by atoms with Crippen LogP contribution in [0.1, 0.15) is 45.4 Å². The molecule has 6 nitrogen and oxygen atoms in total. The Morgan fingerprint density at radius 1 is 1.29 bits per heavy atom. The van der Waals surface area contributed by atoms with Gasteiger partial charge in [-0.15, -0.1) is 0 Å². The van der Waals surface area contributed by atoms with Gasteiger partial charge in [-0.1, -0.05) is 26.2 Å². The summed E-state index contributed by atoms with van der Waals surface area (Å²) in [5, 5.41) is 22.1. The van der Waals surface area contributed by atoms with Crippen molar-refractivity contribution in [3.63, 3.8) is 0 Å². The number of aliphatic carboxylic acids is 1. The summed E-state index contributed by atoms with van der Waals surface area (Å²) >= 11 is 0. The molecule has 1 aliphatic heterocycles. The van der Waals surface area contributed by atoms with Crippen molar-refractivity contribution in [3.8, 4) is 0 Å². The SMILES string of the molecule is CC1CCN(C(=O)NCC2(C(=O)O)CCCCC2)CC1O. The molecule has 120 valence electrons. The molecule has 0 spiro atoms. The van der Waals surface area contributed by atoms with E-state index in [0.29, 0.717) is 25.9 Å². The molecule has 0 aromatic heterocycles. The van der Waals surface area contributed by atoms with Gasteiger partial charge in [0.15, 0.2) is 0 Å². The van der Waals surface area contributed by atoms with Gasteiger partial charge in [-0.25, -0.2) is 4.79 Å². The monoisotopic (exact) mass is 298 g/mol. The van der Waals surface area contributed by atoms with Gasteiger partial charge in [-0.3, -0.25) is 4.79 Å². The van der Waals surface area contributed by atoms with E-state index in [0.717, 1.165) is 25.7 Å². The summed E-state index contributed by atoms with van der Waals surface area (Å²) in [6.07, 6.45) is 4.42. The Kier molecular flexibility index (Phi) is 5.08. The summed E-state index contributed by atoms with van der Waals surface area (Å²) in [5.74, 6) is -0.604. The molecule has 2 aliphatic rings. The van der Waals surface area contributed by atoms with Crippen molar-refractivity contribution in [1.82, 2.24) is 10.2 Å². The van der Waals surface area contributed by atoms with Crippen LogP contribution in [-0.2, 0) is 4.79 Å². The Labute approximate surface area is 125 Å². The van der Waals surface area contributed by atoms with E-state index in [4.69, 9.17) is 0 Å². The van der Waals surface area contributed by atoms with Crippen molar-refractivity contribution in [2.75, 3.05) is 19.6 Å². The minimum atomic E-state index is -0.810. The number of carbonyl (C=O) groups excluding carboxylic acids is 1. The maximum Gasteiger partial charge on any atom is 0.317 e. The first-order valence-electron chi connectivity index (χ1n) is 7.89. The molecule has 2 atom stereocenters. The lowest BCUT2D eigenvalue weighted by molar-refractivity contribution is -0.150. The Balaban J connectivity index is 1.89. The first kappa shape index (κ1) is 16.1. The predicted molar refractivity (Wildman–Crippen MR) is 77.9 cm³/mol. The molecule has 1 aliphatic carbocycles. The molecule has 2 rings (SSSR count). The Morgan fingerprint density at radius 2 is 1.95 bits per heavy atom. The number of hydrogen-bond acceptors (Lipinski definition) is 3. The minimum absolute atomic E-state index is 0.184. The molecule has 0 radical (unpaired) electrons. The highest BCUT2D eigenvalue weighted by Crippen LogP contribution is 2.36. The normalized spacial score (nSPS) is 29.0. The zero-order chi connectivity index (χ0) is 15.5. The number of aliphatic hydroxyl groups excluding tert-OH is 1. The number of nitrogens with one attached hydrogen (secondary N) is 1. The van der Waals surface area contributed by atoms with Gasteiger partial charge in [0.1, 0.15) is 0 Å².